The zero-order chi connectivity index (χ0) is 25.4. The molecule has 2 aromatic carbocycles. The molecule has 0 atom stereocenters. The average molecular weight is 497 g/mol. The molecule has 4 heterocycles. The second-order valence-electron chi connectivity index (χ2n) is 10.6. The highest BCUT2D eigenvalue weighted by Crippen LogP contribution is 2.32. The molecule has 184 valence electrons. The Kier molecular flexibility index (Phi) is 6.30. The highest BCUT2D eigenvalue weighted by atomic mass is 28.3. The average Bonchev–Trinajstić information content (AvgIpc) is 2.88. The summed E-state index contributed by atoms with van der Waals surface area (Å²) in [5.74, 6) is 0.892. The maximum Gasteiger partial charge on any atom is 0.369 e. The molecule has 0 fully saturated rings. The molecular weight excluding hydrogens is 460 g/mol. The lowest BCUT2D eigenvalue weighted by atomic mass is 10.1. The van der Waals surface area contributed by atoms with Crippen molar-refractivity contribution in [3.8, 4) is 28.4 Å². The summed E-state index contributed by atoms with van der Waals surface area (Å²) in [7, 11) is 4.66. The van der Waals surface area contributed by atoms with Gasteiger partial charge in [0, 0.05) is 26.2 Å². The third-order valence-corrected chi connectivity index (χ3v) is 8.98. The van der Waals surface area contributed by atoms with E-state index in [0.717, 1.165) is 19.2 Å². The van der Waals surface area contributed by atoms with Crippen molar-refractivity contribution < 1.29 is 13.9 Å². The minimum atomic E-state index is -1.33. The van der Waals surface area contributed by atoms with Crippen molar-refractivity contribution in [1.29, 1.82) is 0 Å². The van der Waals surface area contributed by atoms with E-state index >= 15 is 0 Å². The zero-order valence-corrected chi connectivity index (χ0v) is 23.2. The lowest BCUT2D eigenvalue weighted by Gasteiger charge is -2.27. The van der Waals surface area contributed by atoms with Crippen LogP contribution in [0.5, 0.6) is 5.88 Å². The Balaban J connectivity index is 0.000000149. The summed E-state index contributed by atoms with van der Waals surface area (Å²) in [4.78, 5) is 4.57. The van der Waals surface area contributed by atoms with Gasteiger partial charge in [0.15, 0.2) is 13.4 Å². The highest BCUT2D eigenvalue weighted by Gasteiger charge is 2.34. The van der Waals surface area contributed by atoms with Crippen LogP contribution in [-0.4, -0.2) is 29.3 Å². The lowest BCUT2D eigenvalue weighted by Crippen LogP contribution is -2.65. The van der Waals surface area contributed by atoms with E-state index in [2.05, 4.69) is 125 Å². The Morgan fingerprint density at radius 2 is 1.14 bits per heavy atom. The molecule has 0 N–H and O–H groups in total. The maximum absolute atomic E-state index is 5.41. The number of ether oxygens (including phenoxy) is 1. The summed E-state index contributed by atoms with van der Waals surface area (Å²) in [6, 6.07) is 30.0. The van der Waals surface area contributed by atoms with Gasteiger partial charge in [0.25, 0.3) is 0 Å². The van der Waals surface area contributed by atoms with Gasteiger partial charge in [-0.2, -0.15) is 4.57 Å². The monoisotopic (exact) mass is 496 g/mol. The van der Waals surface area contributed by atoms with Crippen LogP contribution in [0.3, 0.4) is 0 Å². The summed E-state index contributed by atoms with van der Waals surface area (Å²) in [5, 5.41) is 1.52. The normalized spacial score (nSPS) is 13.5. The molecule has 0 saturated heterocycles. The molecule has 0 unspecified atom stereocenters. The first-order chi connectivity index (χ1) is 17.3. The van der Waals surface area contributed by atoms with Crippen LogP contribution in [0.25, 0.3) is 22.5 Å². The van der Waals surface area contributed by atoms with E-state index < -0.39 is 8.07 Å². The molecule has 0 radical (unpaired) electrons. The van der Waals surface area contributed by atoms with Crippen molar-refractivity contribution in [1.82, 2.24) is 0 Å². The molecule has 2 aliphatic rings. The summed E-state index contributed by atoms with van der Waals surface area (Å²) in [6.07, 6.45) is 0. The second kappa shape index (κ2) is 9.43. The molecule has 2 aromatic heterocycles. The molecule has 2 aliphatic heterocycles. The molecule has 6 heteroatoms. The molecule has 36 heavy (non-hydrogen) atoms. The molecule has 0 saturated carbocycles. The fourth-order valence-electron chi connectivity index (χ4n) is 5.28. The van der Waals surface area contributed by atoms with Crippen molar-refractivity contribution in [2.24, 2.45) is 0 Å². The standard InChI is InChI=1S/C16H21N2Si.C14H15N2O/c1-17-12-18-15(13-8-5-6-9-14(13)17)10-7-11-16(18)19(2,3)4;1-15-10-16-13(8-5-9-14(16)17-2)11-6-3-4-7-12(11)15/h5-11H,12H2,1-4H3;3-9H,10H2,1-2H3/q2*+1. The van der Waals surface area contributed by atoms with E-state index in [1.165, 1.54) is 39.2 Å². The van der Waals surface area contributed by atoms with Gasteiger partial charge in [-0.3, -0.25) is 0 Å². The number of pyridine rings is 2. The van der Waals surface area contributed by atoms with Crippen LogP contribution in [-0.2, 0) is 13.3 Å². The molecule has 0 amide bonds. The molecule has 0 aliphatic carbocycles. The number of benzene rings is 2. The van der Waals surface area contributed by atoms with Crippen LogP contribution >= 0.6 is 0 Å². The van der Waals surface area contributed by atoms with E-state index in [-0.39, 0.29) is 0 Å². The van der Waals surface area contributed by atoms with Crippen molar-refractivity contribution in [2.45, 2.75) is 33.0 Å². The van der Waals surface area contributed by atoms with E-state index in [1.54, 1.807) is 7.11 Å². The van der Waals surface area contributed by atoms with Crippen molar-refractivity contribution >= 4 is 24.8 Å². The second-order valence-corrected chi connectivity index (χ2v) is 15.6. The minimum absolute atomic E-state index is 0.816. The van der Waals surface area contributed by atoms with Crippen LogP contribution in [0, 0.1) is 0 Å². The quantitative estimate of drug-likeness (QED) is 0.298. The number of aromatic nitrogens is 2. The van der Waals surface area contributed by atoms with Gasteiger partial charge < -0.3 is 14.5 Å². The number of hydrogen-bond acceptors (Lipinski definition) is 3. The van der Waals surface area contributed by atoms with Gasteiger partial charge in [0.05, 0.1) is 35.7 Å². The fraction of sp³-hybridized carbons (Fsp3) is 0.267. The van der Waals surface area contributed by atoms with Gasteiger partial charge in [0.1, 0.15) is 0 Å². The van der Waals surface area contributed by atoms with Gasteiger partial charge in [-0.1, -0.05) is 43.9 Å². The summed E-state index contributed by atoms with van der Waals surface area (Å²) in [6.45, 7) is 9.01. The third-order valence-electron chi connectivity index (χ3n) is 7.01. The van der Waals surface area contributed by atoms with Gasteiger partial charge in [-0.15, -0.1) is 4.57 Å². The zero-order valence-electron chi connectivity index (χ0n) is 22.2. The SMILES string of the molecule is CN1C[n+]2c(cccc2[Si](C)(C)C)-c2ccccc21.COc1cccc2[n+]1CN(C)c1ccccc1-2. The predicted molar refractivity (Wildman–Crippen MR) is 150 cm³/mol. The van der Waals surface area contributed by atoms with Crippen LogP contribution in [0.15, 0.2) is 84.9 Å². The van der Waals surface area contributed by atoms with Crippen LogP contribution in [0.1, 0.15) is 0 Å². The van der Waals surface area contributed by atoms with Gasteiger partial charge in [-0.05, 0) is 42.5 Å². The Labute approximate surface area is 215 Å². The molecule has 0 spiro atoms. The highest BCUT2D eigenvalue weighted by molar-refractivity contribution is 6.87. The number of nitrogens with zero attached hydrogens (tertiary/aromatic N) is 4. The number of rotatable bonds is 2. The lowest BCUT2D eigenvalue weighted by molar-refractivity contribution is -0.691. The minimum Gasteiger partial charge on any atom is -0.448 e. The van der Waals surface area contributed by atoms with E-state index in [0.29, 0.717) is 0 Å². The maximum atomic E-state index is 5.41. The number of methoxy groups -OCH3 is 1. The topological polar surface area (TPSA) is 23.5 Å². The summed E-state index contributed by atoms with van der Waals surface area (Å²) >= 11 is 0. The first kappa shape index (κ1) is 24.1. The molecule has 0 bridgehead atoms. The van der Waals surface area contributed by atoms with Crippen molar-refractivity contribution in [3.05, 3.63) is 84.9 Å². The molecule has 5 nitrogen and oxygen atoms in total. The Hall–Kier alpha value is -3.64. The molecular formula is C30H36N4OSi+2. The van der Waals surface area contributed by atoms with Gasteiger partial charge in [0.2, 0.25) is 24.7 Å². The summed E-state index contributed by atoms with van der Waals surface area (Å²) in [5.41, 5.74) is 7.75. The number of fused-ring (bicyclic) bond motifs is 6. The first-order valence-electron chi connectivity index (χ1n) is 12.5. The van der Waals surface area contributed by atoms with Crippen LogP contribution in [0.4, 0.5) is 11.4 Å². The van der Waals surface area contributed by atoms with E-state index in [4.69, 9.17) is 4.74 Å². The first-order valence-corrected chi connectivity index (χ1v) is 16.0. The van der Waals surface area contributed by atoms with Crippen molar-refractivity contribution in [2.75, 3.05) is 31.0 Å². The smallest absolute Gasteiger partial charge is 0.369 e. The van der Waals surface area contributed by atoms with E-state index in [9.17, 15) is 0 Å². The fourth-order valence-corrected chi connectivity index (χ4v) is 6.88. The van der Waals surface area contributed by atoms with Crippen molar-refractivity contribution in [3.63, 3.8) is 0 Å². The molecule has 4 aromatic rings. The Morgan fingerprint density at radius 3 is 1.69 bits per heavy atom. The largest absolute Gasteiger partial charge is 0.448 e. The van der Waals surface area contributed by atoms with Crippen LogP contribution in [0.2, 0.25) is 19.6 Å². The number of hydrogen-bond donors (Lipinski definition) is 0. The molecule has 6 rings (SSSR count). The van der Waals surface area contributed by atoms with Gasteiger partial charge in [-0.25, -0.2) is 0 Å². The summed E-state index contributed by atoms with van der Waals surface area (Å²) < 4.78 is 10.1. The number of para-hydroxylation sites is 2. The van der Waals surface area contributed by atoms with E-state index in [1.807, 2.05) is 12.1 Å². The van der Waals surface area contributed by atoms with Crippen LogP contribution < -0.4 is 29.0 Å². The Bertz CT molecular complexity index is 1410. The predicted octanol–water partition coefficient (Wildman–Crippen LogP) is 4.65. The third kappa shape index (κ3) is 4.26. The Morgan fingerprint density at radius 1 is 0.639 bits per heavy atom. The van der Waals surface area contributed by atoms with Gasteiger partial charge >= 0.3 is 5.88 Å². The number of anilines is 2.